The molecule has 20 heavy (non-hydrogen) atoms. The Kier molecular flexibility index (Phi) is 2.56. The predicted molar refractivity (Wildman–Crippen MR) is 67.1 cm³/mol. The zero-order chi connectivity index (χ0) is 14.3. The van der Waals surface area contributed by atoms with Crippen LogP contribution in [0.4, 0.5) is 0 Å². The van der Waals surface area contributed by atoms with E-state index >= 15 is 0 Å². The molecule has 1 aliphatic rings. The van der Waals surface area contributed by atoms with Gasteiger partial charge in [-0.2, -0.15) is 0 Å². The summed E-state index contributed by atoms with van der Waals surface area (Å²) in [6, 6.07) is 6.46. The van der Waals surface area contributed by atoms with Crippen LogP contribution in [0.1, 0.15) is 26.4 Å². The van der Waals surface area contributed by atoms with E-state index in [4.69, 9.17) is 5.84 Å². The van der Waals surface area contributed by atoms with Crippen LogP contribution in [-0.4, -0.2) is 31.6 Å². The van der Waals surface area contributed by atoms with E-state index in [9.17, 15) is 14.4 Å². The quantitative estimate of drug-likeness (QED) is 0.562. The van der Waals surface area contributed by atoms with E-state index in [1.807, 2.05) is 0 Å². The number of nitrogen functional groups attached to an aromatic ring is 1. The fourth-order valence-electron chi connectivity index (χ4n) is 2.03. The van der Waals surface area contributed by atoms with E-state index in [-0.39, 0.29) is 12.2 Å². The normalized spacial score (nSPS) is 13.7. The molecule has 1 aromatic heterocycles. The van der Waals surface area contributed by atoms with Gasteiger partial charge in [-0.05, 0) is 12.1 Å². The van der Waals surface area contributed by atoms with Crippen molar-refractivity contribution in [3.63, 3.8) is 0 Å². The summed E-state index contributed by atoms with van der Waals surface area (Å²) in [7, 11) is 0. The molecule has 0 saturated carbocycles. The third-order valence-corrected chi connectivity index (χ3v) is 3.02. The molecule has 1 aliphatic heterocycles. The van der Waals surface area contributed by atoms with Crippen molar-refractivity contribution in [3.05, 3.63) is 57.8 Å². The van der Waals surface area contributed by atoms with E-state index in [1.165, 1.54) is 0 Å². The van der Waals surface area contributed by atoms with Crippen molar-refractivity contribution in [2.75, 3.05) is 5.84 Å². The SMILES string of the molecule is Nn1cnnc(CN2C(=O)c3ccccc3C2=O)c1=O. The van der Waals surface area contributed by atoms with Crippen LogP contribution in [-0.2, 0) is 6.54 Å². The lowest BCUT2D eigenvalue weighted by atomic mass is 10.1. The third kappa shape index (κ3) is 1.66. The topological polar surface area (TPSA) is 111 Å². The first-order valence-electron chi connectivity index (χ1n) is 5.73. The van der Waals surface area contributed by atoms with Crippen molar-refractivity contribution in [2.24, 2.45) is 0 Å². The Morgan fingerprint density at radius 2 is 1.65 bits per heavy atom. The van der Waals surface area contributed by atoms with Crippen LogP contribution in [0.3, 0.4) is 0 Å². The largest absolute Gasteiger partial charge is 0.335 e. The Bertz CT molecular complexity index is 748. The average molecular weight is 271 g/mol. The van der Waals surface area contributed by atoms with E-state index in [0.29, 0.717) is 11.1 Å². The molecule has 0 aliphatic carbocycles. The fraction of sp³-hybridized carbons (Fsp3) is 0.0833. The molecule has 0 bridgehead atoms. The molecule has 3 rings (SSSR count). The zero-order valence-electron chi connectivity index (χ0n) is 10.2. The minimum atomic E-state index is -0.600. The van der Waals surface area contributed by atoms with Crippen molar-refractivity contribution < 1.29 is 9.59 Å². The van der Waals surface area contributed by atoms with Crippen molar-refractivity contribution >= 4 is 11.8 Å². The van der Waals surface area contributed by atoms with Crippen LogP contribution in [0.15, 0.2) is 35.4 Å². The van der Waals surface area contributed by atoms with E-state index in [0.717, 1.165) is 15.9 Å². The zero-order valence-corrected chi connectivity index (χ0v) is 10.2. The van der Waals surface area contributed by atoms with Gasteiger partial charge in [-0.25, -0.2) is 4.68 Å². The number of nitrogens with two attached hydrogens (primary N) is 1. The van der Waals surface area contributed by atoms with Crippen LogP contribution in [0.5, 0.6) is 0 Å². The summed E-state index contributed by atoms with van der Waals surface area (Å²) < 4.78 is 0.750. The number of imide groups is 1. The van der Waals surface area contributed by atoms with Gasteiger partial charge < -0.3 is 5.84 Å². The number of amides is 2. The molecule has 0 atom stereocenters. The highest BCUT2D eigenvalue weighted by atomic mass is 16.2. The van der Waals surface area contributed by atoms with Crippen molar-refractivity contribution in [1.82, 2.24) is 19.8 Å². The standard InChI is InChI=1S/C12H9N5O3/c13-17-6-14-15-9(12(17)20)5-16-10(18)7-3-1-2-4-8(7)11(16)19/h1-4,6H,5,13H2. The molecule has 0 radical (unpaired) electrons. The second-order valence-electron chi connectivity index (χ2n) is 4.23. The maximum absolute atomic E-state index is 12.1. The summed E-state index contributed by atoms with van der Waals surface area (Å²) in [5.74, 6) is 4.44. The van der Waals surface area contributed by atoms with Gasteiger partial charge in [0.2, 0.25) is 0 Å². The van der Waals surface area contributed by atoms with Crippen LogP contribution < -0.4 is 11.4 Å². The van der Waals surface area contributed by atoms with Crippen molar-refractivity contribution in [2.45, 2.75) is 6.54 Å². The summed E-state index contributed by atoms with van der Waals surface area (Å²) in [6.07, 6.45) is 1.05. The van der Waals surface area contributed by atoms with Gasteiger partial charge in [0, 0.05) is 0 Å². The first kappa shape index (κ1) is 12.0. The van der Waals surface area contributed by atoms with E-state index < -0.39 is 17.4 Å². The molecule has 0 fully saturated rings. The van der Waals surface area contributed by atoms with Gasteiger partial charge in [0.1, 0.15) is 12.0 Å². The van der Waals surface area contributed by atoms with Crippen LogP contribution in [0.2, 0.25) is 0 Å². The molecular weight excluding hydrogens is 262 g/mol. The van der Waals surface area contributed by atoms with Crippen LogP contribution in [0.25, 0.3) is 0 Å². The molecule has 100 valence electrons. The number of rotatable bonds is 2. The maximum atomic E-state index is 12.1. The fourth-order valence-corrected chi connectivity index (χ4v) is 2.03. The number of carbonyl (C=O) groups excluding carboxylic acids is 2. The van der Waals surface area contributed by atoms with Crippen molar-refractivity contribution in [3.8, 4) is 0 Å². The second-order valence-corrected chi connectivity index (χ2v) is 4.23. The average Bonchev–Trinajstić information content (AvgIpc) is 2.69. The molecule has 0 spiro atoms. The molecule has 1 aromatic carbocycles. The highest BCUT2D eigenvalue weighted by Crippen LogP contribution is 2.23. The number of carbonyl (C=O) groups is 2. The highest BCUT2D eigenvalue weighted by Gasteiger charge is 2.35. The Morgan fingerprint density at radius 3 is 2.25 bits per heavy atom. The Balaban J connectivity index is 1.98. The first-order chi connectivity index (χ1) is 9.59. The maximum Gasteiger partial charge on any atom is 0.295 e. The smallest absolute Gasteiger partial charge is 0.295 e. The minimum Gasteiger partial charge on any atom is -0.335 e. The molecule has 2 N–H and O–H groups in total. The number of hydrogen-bond donors (Lipinski definition) is 1. The summed E-state index contributed by atoms with van der Waals surface area (Å²) in [4.78, 5) is 36.9. The van der Waals surface area contributed by atoms with Gasteiger partial charge in [0.15, 0.2) is 0 Å². The van der Waals surface area contributed by atoms with Crippen LogP contribution >= 0.6 is 0 Å². The third-order valence-electron chi connectivity index (χ3n) is 3.02. The van der Waals surface area contributed by atoms with Gasteiger partial charge in [-0.3, -0.25) is 19.3 Å². The van der Waals surface area contributed by atoms with Gasteiger partial charge in [0.25, 0.3) is 17.4 Å². The van der Waals surface area contributed by atoms with Gasteiger partial charge >= 0.3 is 0 Å². The summed E-state index contributed by atoms with van der Waals surface area (Å²) in [5, 5.41) is 7.15. The minimum absolute atomic E-state index is 0.0653. The van der Waals surface area contributed by atoms with E-state index in [2.05, 4.69) is 10.2 Å². The highest BCUT2D eigenvalue weighted by molar-refractivity contribution is 6.21. The Labute approximate surface area is 112 Å². The van der Waals surface area contributed by atoms with Gasteiger partial charge in [-0.15, -0.1) is 10.2 Å². The Morgan fingerprint density at radius 1 is 1.05 bits per heavy atom. The number of benzene rings is 1. The second kappa shape index (κ2) is 4.26. The molecular formula is C12H9N5O3. The molecule has 0 saturated heterocycles. The Hall–Kier alpha value is -3.03. The molecule has 0 unspecified atom stereocenters. The monoisotopic (exact) mass is 271 g/mol. The molecule has 8 nitrogen and oxygen atoms in total. The van der Waals surface area contributed by atoms with Gasteiger partial charge in [-0.1, -0.05) is 12.1 Å². The lowest BCUT2D eigenvalue weighted by molar-refractivity contribution is 0.0639. The lowest BCUT2D eigenvalue weighted by Gasteiger charge is -2.12. The first-order valence-corrected chi connectivity index (χ1v) is 5.73. The summed E-state index contributed by atoms with van der Waals surface area (Å²) in [6.45, 7) is -0.254. The van der Waals surface area contributed by atoms with E-state index in [1.54, 1.807) is 24.3 Å². The lowest BCUT2D eigenvalue weighted by Crippen LogP contribution is -2.37. The number of nitrogens with zero attached hydrogens (tertiary/aromatic N) is 4. The number of aromatic nitrogens is 3. The molecule has 2 amide bonds. The predicted octanol–water partition coefficient (Wildman–Crippen LogP) is -0.852. The molecule has 2 aromatic rings. The molecule has 2 heterocycles. The molecule has 8 heteroatoms. The van der Waals surface area contributed by atoms with Crippen molar-refractivity contribution in [1.29, 1.82) is 0 Å². The number of fused-ring (bicyclic) bond motifs is 1. The van der Waals surface area contributed by atoms with Crippen LogP contribution in [0, 0.1) is 0 Å². The summed E-state index contributed by atoms with van der Waals surface area (Å²) >= 11 is 0. The van der Waals surface area contributed by atoms with Gasteiger partial charge in [0.05, 0.1) is 17.7 Å². The number of hydrogen-bond acceptors (Lipinski definition) is 6. The summed E-state index contributed by atoms with van der Waals surface area (Å²) in [5.41, 5.74) is -0.0370.